The minimum Gasteiger partial charge on any atom is -0.467 e. The number of aryl methyl sites for hydroxylation is 1. The van der Waals surface area contributed by atoms with Gasteiger partial charge in [0.15, 0.2) is 12.4 Å². The molecule has 0 unspecified atom stereocenters. The van der Waals surface area contributed by atoms with Crippen molar-refractivity contribution >= 4 is 40.0 Å². The van der Waals surface area contributed by atoms with Gasteiger partial charge in [0.1, 0.15) is 11.4 Å². The van der Waals surface area contributed by atoms with E-state index in [4.69, 9.17) is 17.3 Å². The number of amides is 2. The van der Waals surface area contributed by atoms with Crippen LogP contribution in [0.3, 0.4) is 0 Å². The van der Waals surface area contributed by atoms with E-state index in [9.17, 15) is 35.9 Å². The maximum atomic E-state index is 13.3. The van der Waals surface area contributed by atoms with E-state index in [0.717, 1.165) is 28.9 Å². The summed E-state index contributed by atoms with van der Waals surface area (Å²) < 4.78 is 82.9. The first-order valence-corrected chi connectivity index (χ1v) is 11.1. The van der Waals surface area contributed by atoms with E-state index in [2.05, 4.69) is 25.1 Å². The van der Waals surface area contributed by atoms with Gasteiger partial charge in [-0.05, 0) is 36.8 Å². The Morgan fingerprint density at radius 1 is 1.13 bits per heavy atom. The molecule has 0 spiro atoms. The maximum Gasteiger partial charge on any atom is 0.433 e. The third kappa shape index (κ3) is 5.87. The fourth-order valence-electron chi connectivity index (χ4n) is 3.58. The number of halogens is 7. The van der Waals surface area contributed by atoms with Crippen molar-refractivity contribution in [2.45, 2.75) is 19.3 Å². The van der Waals surface area contributed by atoms with Crippen molar-refractivity contribution in [3.05, 3.63) is 70.1 Å². The predicted octanol–water partition coefficient (Wildman–Crippen LogP) is 5.09. The molecule has 0 saturated heterocycles. The Balaban J connectivity index is 1.80. The summed E-state index contributed by atoms with van der Waals surface area (Å²) in [5.74, 6) is -2.81. The third-order valence-corrected chi connectivity index (χ3v) is 5.59. The lowest BCUT2D eigenvalue weighted by Gasteiger charge is -2.16. The minimum absolute atomic E-state index is 0.0109. The molecule has 4 rings (SSSR count). The van der Waals surface area contributed by atoms with Crippen LogP contribution in [0.25, 0.3) is 16.7 Å². The van der Waals surface area contributed by atoms with E-state index in [1.807, 2.05) is 0 Å². The van der Waals surface area contributed by atoms with Crippen LogP contribution in [-0.2, 0) is 6.18 Å². The second-order valence-corrected chi connectivity index (χ2v) is 8.40. The number of carbonyl (C=O) groups excluding carboxylic acids is 2. The number of alkyl halides is 6. The Labute approximate surface area is 219 Å². The van der Waals surface area contributed by atoms with Crippen LogP contribution in [0, 0.1) is 6.92 Å². The normalized spacial score (nSPS) is 12.0. The van der Waals surface area contributed by atoms with E-state index < -0.39 is 48.0 Å². The number of anilines is 1. The second-order valence-electron chi connectivity index (χ2n) is 8.00. The van der Waals surface area contributed by atoms with Crippen LogP contribution in [-0.4, -0.2) is 44.3 Å². The largest absolute Gasteiger partial charge is 0.467 e. The van der Waals surface area contributed by atoms with E-state index in [1.165, 1.54) is 25.3 Å². The number of ether oxygens (including phenoxy) is 1. The van der Waals surface area contributed by atoms with Gasteiger partial charge in [0.05, 0.1) is 21.8 Å². The number of nitrogens with zero attached hydrogens (tertiary/aromatic N) is 4. The van der Waals surface area contributed by atoms with Crippen LogP contribution < -0.4 is 15.8 Å². The Morgan fingerprint density at radius 3 is 2.46 bits per heavy atom. The molecule has 4 aromatic rings. The zero-order valence-electron chi connectivity index (χ0n) is 19.5. The number of hydrogen-bond donors (Lipinski definition) is 2. The molecule has 204 valence electrons. The van der Waals surface area contributed by atoms with Crippen molar-refractivity contribution in [3.63, 3.8) is 0 Å². The molecule has 3 N–H and O–H groups in total. The molecule has 0 atom stereocenters. The van der Waals surface area contributed by atoms with Gasteiger partial charge in [-0.1, -0.05) is 17.7 Å². The van der Waals surface area contributed by atoms with E-state index in [1.54, 1.807) is 0 Å². The lowest BCUT2D eigenvalue weighted by atomic mass is 10.0. The van der Waals surface area contributed by atoms with Gasteiger partial charge in [0.2, 0.25) is 5.88 Å². The predicted molar refractivity (Wildman–Crippen MR) is 126 cm³/mol. The number of aromatic nitrogens is 4. The lowest BCUT2D eigenvalue weighted by Crippen LogP contribution is -2.22. The average molecular weight is 573 g/mol. The first-order chi connectivity index (χ1) is 18.2. The van der Waals surface area contributed by atoms with Gasteiger partial charge >= 0.3 is 12.4 Å². The van der Waals surface area contributed by atoms with Crippen LogP contribution in [0.15, 0.2) is 42.6 Å². The number of benzene rings is 1. The third-order valence-electron chi connectivity index (χ3n) is 5.29. The summed E-state index contributed by atoms with van der Waals surface area (Å²) in [6, 6.07) is 6.58. The quantitative estimate of drug-likeness (QED) is 0.310. The highest BCUT2D eigenvalue weighted by Gasteiger charge is 2.33. The summed E-state index contributed by atoms with van der Waals surface area (Å²) in [6.45, 7) is -0.298. The number of pyridine rings is 2. The highest BCUT2D eigenvalue weighted by molar-refractivity contribution is 6.32. The number of primary amides is 1. The monoisotopic (exact) mass is 572 g/mol. The Bertz CT molecular complexity index is 1600. The molecule has 0 aliphatic rings. The summed E-state index contributed by atoms with van der Waals surface area (Å²) in [7, 11) is 0. The summed E-state index contributed by atoms with van der Waals surface area (Å²) in [4.78, 5) is 33.1. The van der Waals surface area contributed by atoms with Crippen molar-refractivity contribution in [2.24, 2.45) is 5.73 Å². The van der Waals surface area contributed by atoms with E-state index >= 15 is 0 Å². The Hall–Kier alpha value is -4.40. The lowest BCUT2D eigenvalue weighted by molar-refractivity contribution is -0.154. The molecular formula is C23H15ClF6N6O3. The average Bonchev–Trinajstić information content (AvgIpc) is 3.27. The highest BCUT2D eigenvalue weighted by atomic mass is 35.5. The molecule has 0 radical (unpaired) electrons. The van der Waals surface area contributed by atoms with Gasteiger partial charge in [-0.15, -0.1) is 5.10 Å². The smallest absolute Gasteiger partial charge is 0.433 e. The molecule has 1 aromatic carbocycles. The van der Waals surface area contributed by atoms with Gasteiger partial charge in [0, 0.05) is 17.6 Å². The first-order valence-electron chi connectivity index (χ1n) is 10.7. The second kappa shape index (κ2) is 10.1. The number of hydrogen-bond acceptors (Lipinski definition) is 6. The van der Waals surface area contributed by atoms with Crippen LogP contribution in [0.2, 0.25) is 5.02 Å². The number of nitrogens with two attached hydrogens (primary N) is 1. The topological polar surface area (TPSA) is 125 Å². The van der Waals surface area contributed by atoms with Crippen LogP contribution in [0.4, 0.5) is 32.0 Å². The van der Waals surface area contributed by atoms with E-state index in [-0.39, 0.29) is 38.6 Å². The van der Waals surface area contributed by atoms with Crippen LogP contribution in [0.1, 0.15) is 32.1 Å². The van der Waals surface area contributed by atoms with E-state index in [0.29, 0.717) is 0 Å². The molecule has 0 fully saturated rings. The van der Waals surface area contributed by atoms with Gasteiger partial charge in [0.25, 0.3) is 11.8 Å². The number of rotatable bonds is 6. The van der Waals surface area contributed by atoms with Crippen molar-refractivity contribution in [3.8, 4) is 11.7 Å². The Morgan fingerprint density at radius 2 is 1.85 bits per heavy atom. The number of nitrogens with one attached hydrogen (secondary N) is 1. The van der Waals surface area contributed by atoms with Crippen LogP contribution in [0.5, 0.6) is 5.88 Å². The standard InChI is InChI=1S/C23H15ClF6N6O3/c1-10-11-4-5-16(23(28,29)30)33-14(11)7-12(19(31)37)18(10)34-21(38)15-8-17(39-9-22(25,26)27)35-36(15)20-13(24)3-2-6-32-20/h2-8H,9H2,1H3,(H2,31,37)(H,34,38). The zero-order valence-corrected chi connectivity index (χ0v) is 20.2. The maximum absolute atomic E-state index is 13.3. The fraction of sp³-hybridized carbons (Fsp3) is 0.174. The molecular weight excluding hydrogens is 558 g/mol. The number of carbonyl (C=O) groups is 2. The van der Waals surface area contributed by atoms with Crippen molar-refractivity contribution in [1.29, 1.82) is 0 Å². The highest BCUT2D eigenvalue weighted by Crippen LogP contribution is 2.34. The molecule has 0 saturated carbocycles. The molecule has 16 heteroatoms. The Kier molecular flexibility index (Phi) is 7.12. The van der Waals surface area contributed by atoms with Gasteiger partial charge in [-0.2, -0.15) is 26.3 Å². The molecule has 9 nitrogen and oxygen atoms in total. The summed E-state index contributed by atoms with van der Waals surface area (Å²) in [5, 5.41) is 6.43. The van der Waals surface area contributed by atoms with Crippen molar-refractivity contribution in [2.75, 3.05) is 11.9 Å². The summed E-state index contributed by atoms with van der Waals surface area (Å²) >= 11 is 6.13. The zero-order chi connectivity index (χ0) is 28.7. The van der Waals surface area contributed by atoms with Crippen LogP contribution >= 0.6 is 11.6 Å². The summed E-state index contributed by atoms with van der Waals surface area (Å²) in [6.07, 6.45) is -8.16. The van der Waals surface area contributed by atoms with Gasteiger partial charge in [-0.25, -0.2) is 14.6 Å². The van der Waals surface area contributed by atoms with Gasteiger partial charge in [-0.3, -0.25) is 9.59 Å². The first kappa shape index (κ1) is 27.6. The number of fused-ring (bicyclic) bond motifs is 1. The fourth-order valence-corrected chi connectivity index (χ4v) is 3.78. The molecule has 2 amide bonds. The molecule has 0 aliphatic heterocycles. The van der Waals surface area contributed by atoms with Crippen molar-refractivity contribution in [1.82, 2.24) is 19.7 Å². The molecule has 0 bridgehead atoms. The molecule has 3 aromatic heterocycles. The van der Waals surface area contributed by atoms with Gasteiger partial charge < -0.3 is 15.8 Å². The molecule has 39 heavy (non-hydrogen) atoms. The van der Waals surface area contributed by atoms with Crippen molar-refractivity contribution < 1.29 is 40.7 Å². The molecule has 3 heterocycles. The summed E-state index contributed by atoms with van der Waals surface area (Å²) in [5.41, 5.74) is 3.23. The molecule has 0 aliphatic carbocycles. The SMILES string of the molecule is Cc1c(NC(=O)c2cc(OCC(F)(F)F)nn2-c2ncccc2Cl)c(C(N)=O)cc2nc(C(F)(F)F)ccc12. The minimum atomic E-state index is -4.75.